The third-order valence-corrected chi connectivity index (χ3v) is 3.40. The molecule has 114 valence electrons. The van der Waals surface area contributed by atoms with Crippen molar-refractivity contribution in [2.24, 2.45) is 0 Å². The molecule has 0 saturated heterocycles. The van der Waals surface area contributed by atoms with Crippen molar-refractivity contribution in [3.05, 3.63) is 65.7 Å². The SMILES string of the molecule is CC(=O)c1cccc(N[C@@H](C(=O)N(C)C)c2ccccc2)c1. The number of nitrogens with one attached hydrogen (secondary N) is 1. The molecular weight excluding hydrogens is 276 g/mol. The molecule has 2 aromatic rings. The van der Waals surface area contributed by atoms with E-state index in [0.717, 1.165) is 11.3 Å². The van der Waals surface area contributed by atoms with Crippen LogP contribution in [-0.2, 0) is 4.79 Å². The number of hydrogen-bond donors (Lipinski definition) is 1. The van der Waals surface area contributed by atoms with E-state index in [-0.39, 0.29) is 11.7 Å². The Labute approximate surface area is 130 Å². The van der Waals surface area contributed by atoms with E-state index in [1.165, 1.54) is 6.92 Å². The Hall–Kier alpha value is -2.62. The molecule has 0 unspecified atom stereocenters. The van der Waals surface area contributed by atoms with Crippen LogP contribution in [0.1, 0.15) is 28.9 Å². The van der Waals surface area contributed by atoms with Crippen molar-refractivity contribution in [3.63, 3.8) is 0 Å². The van der Waals surface area contributed by atoms with Gasteiger partial charge in [0.1, 0.15) is 6.04 Å². The summed E-state index contributed by atoms with van der Waals surface area (Å²) in [7, 11) is 3.46. The lowest BCUT2D eigenvalue weighted by Crippen LogP contribution is -2.32. The van der Waals surface area contributed by atoms with Gasteiger partial charge in [0.25, 0.3) is 0 Å². The highest BCUT2D eigenvalue weighted by Gasteiger charge is 2.22. The summed E-state index contributed by atoms with van der Waals surface area (Å²) in [5.41, 5.74) is 2.25. The van der Waals surface area contributed by atoms with Gasteiger partial charge in [-0.2, -0.15) is 0 Å². The van der Waals surface area contributed by atoms with E-state index in [0.29, 0.717) is 5.56 Å². The van der Waals surface area contributed by atoms with Crippen molar-refractivity contribution in [2.75, 3.05) is 19.4 Å². The molecule has 0 heterocycles. The summed E-state index contributed by atoms with van der Waals surface area (Å²) >= 11 is 0. The van der Waals surface area contributed by atoms with Gasteiger partial charge in [-0.15, -0.1) is 0 Å². The fraction of sp³-hybridized carbons (Fsp3) is 0.222. The summed E-state index contributed by atoms with van der Waals surface area (Å²) in [5, 5.41) is 3.23. The molecule has 4 nitrogen and oxygen atoms in total. The van der Waals surface area contributed by atoms with Gasteiger partial charge in [0.15, 0.2) is 5.78 Å². The molecule has 0 spiro atoms. The summed E-state index contributed by atoms with van der Waals surface area (Å²) in [6.07, 6.45) is 0. The smallest absolute Gasteiger partial charge is 0.249 e. The van der Waals surface area contributed by atoms with Gasteiger partial charge < -0.3 is 10.2 Å². The minimum Gasteiger partial charge on any atom is -0.370 e. The quantitative estimate of drug-likeness (QED) is 0.862. The number of anilines is 1. The summed E-state index contributed by atoms with van der Waals surface area (Å²) in [5.74, 6) is -0.0433. The average Bonchev–Trinajstić information content (AvgIpc) is 2.53. The number of rotatable bonds is 5. The monoisotopic (exact) mass is 296 g/mol. The van der Waals surface area contributed by atoms with E-state index in [4.69, 9.17) is 0 Å². The van der Waals surface area contributed by atoms with Crippen molar-refractivity contribution in [2.45, 2.75) is 13.0 Å². The van der Waals surface area contributed by atoms with Crippen molar-refractivity contribution in [3.8, 4) is 0 Å². The molecule has 1 atom stereocenters. The zero-order valence-corrected chi connectivity index (χ0v) is 13.0. The molecule has 0 bridgehead atoms. The maximum atomic E-state index is 12.5. The predicted molar refractivity (Wildman–Crippen MR) is 87.9 cm³/mol. The van der Waals surface area contributed by atoms with Gasteiger partial charge in [0, 0.05) is 25.3 Å². The Morgan fingerprint density at radius 2 is 1.68 bits per heavy atom. The van der Waals surface area contributed by atoms with Gasteiger partial charge in [0.05, 0.1) is 0 Å². The van der Waals surface area contributed by atoms with Crippen LogP contribution in [0.3, 0.4) is 0 Å². The third-order valence-electron chi connectivity index (χ3n) is 3.40. The molecule has 4 heteroatoms. The van der Waals surface area contributed by atoms with Gasteiger partial charge in [-0.3, -0.25) is 9.59 Å². The minimum atomic E-state index is -0.488. The third kappa shape index (κ3) is 3.73. The lowest BCUT2D eigenvalue weighted by molar-refractivity contribution is -0.129. The maximum Gasteiger partial charge on any atom is 0.249 e. The van der Waals surface area contributed by atoms with Crippen molar-refractivity contribution in [1.82, 2.24) is 4.90 Å². The van der Waals surface area contributed by atoms with Crippen LogP contribution in [-0.4, -0.2) is 30.7 Å². The van der Waals surface area contributed by atoms with Gasteiger partial charge in [-0.05, 0) is 24.6 Å². The van der Waals surface area contributed by atoms with Crippen molar-refractivity contribution < 1.29 is 9.59 Å². The number of amides is 1. The standard InChI is InChI=1S/C18H20N2O2/c1-13(21)15-10-7-11-16(12-15)19-17(18(22)20(2)3)14-8-5-4-6-9-14/h4-12,17,19H,1-3H3/t17-/m1/s1. The lowest BCUT2D eigenvalue weighted by Gasteiger charge is -2.23. The molecule has 0 aromatic heterocycles. The first-order chi connectivity index (χ1) is 10.5. The minimum absolute atomic E-state index is 0.00107. The fourth-order valence-electron chi connectivity index (χ4n) is 2.19. The topological polar surface area (TPSA) is 49.4 Å². The fourth-order valence-corrected chi connectivity index (χ4v) is 2.19. The number of Topliss-reactive ketones (excluding diaryl/α,β-unsaturated/α-hetero) is 1. The number of carbonyl (C=O) groups is 2. The summed E-state index contributed by atoms with van der Waals surface area (Å²) in [4.78, 5) is 25.5. The zero-order chi connectivity index (χ0) is 16.1. The van der Waals surface area contributed by atoms with E-state index >= 15 is 0 Å². The lowest BCUT2D eigenvalue weighted by atomic mass is 10.0. The highest BCUT2D eigenvalue weighted by atomic mass is 16.2. The molecule has 2 rings (SSSR count). The molecule has 0 fully saturated rings. The van der Waals surface area contributed by atoms with E-state index < -0.39 is 6.04 Å². The van der Waals surface area contributed by atoms with Crippen LogP contribution < -0.4 is 5.32 Å². The average molecular weight is 296 g/mol. The Balaban J connectivity index is 2.33. The van der Waals surface area contributed by atoms with E-state index in [2.05, 4.69) is 5.32 Å². The molecule has 2 aromatic carbocycles. The van der Waals surface area contributed by atoms with E-state index in [9.17, 15) is 9.59 Å². The second kappa shape index (κ2) is 6.89. The normalized spacial score (nSPS) is 11.6. The van der Waals surface area contributed by atoms with Crippen molar-refractivity contribution >= 4 is 17.4 Å². The first-order valence-electron chi connectivity index (χ1n) is 7.12. The van der Waals surface area contributed by atoms with Gasteiger partial charge in [0.2, 0.25) is 5.91 Å². The van der Waals surface area contributed by atoms with Gasteiger partial charge in [-0.25, -0.2) is 0 Å². The maximum absolute atomic E-state index is 12.5. The van der Waals surface area contributed by atoms with Crippen LogP contribution in [0.25, 0.3) is 0 Å². The van der Waals surface area contributed by atoms with Crippen LogP contribution in [0.15, 0.2) is 54.6 Å². The first-order valence-corrected chi connectivity index (χ1v) is 7.12. The van der Waals surface area contributed by atoms with Crippen LogP contribution in [0, 0.1) is 0 Å². The number of hydrogen-bond acceptors (Lipinski definition) is 3. The largest absolute Gasteiger partial charge is 0.370 e. The van der Waals surface area contributed by atoms with Crippen LogP contribution in [0.4, 0.5) is 5.69 Å². The Bertz CT molecular complexity index is 666. The molecular formula is C18H20N2O2. The van der Waals surface area contributed by atoms with Crippen molar-refractivity contribution in [1.29, 1.82) is 0 Å². The van der Waals surface area contributed by atoms with Crippen LogP contribution in [0.2, 0.25) is 0 Å². The first kappa shape index (κ1) is 15.8. The molecule has 0 radical (unpaired) electrons. The van der Waals surface area contributed by atoms with Gasteiger partial charge >= 0.3 is 0 Å². The molecule has 22 heavy (non-hydrogen) atoms. The van der Waals surface area contributed by atoms with Crippen LogP contribution in [0.5, 0.6) is 0 Å². The molecule has 1 N–H and O–H groups in total. The zero-order valence-electron chi connectivity index (χ0n) is 13.0. The van der Waals surface area contributed by atoms with E-state index in [1.54, 1.807) is 37.2 Å². The number of ketones is 1. The summed E-state index contributed by atoms with van der Waals surface area (Å²) in [6.45, 7) is 1.53. The predicted octanol–water partition coefficient (Wildman–Crippen LogP) is 3.13. The molecule has 0 aliphatic carbocycles. The van der Waals surface area contributed by atoms with E-state index in [1.807, 2.05) is 36.4 Å². The highest BCUT2D eigenvalue weighted by molar-refractivity contribution is 5.95. The summed E-state index contributed by atoms with van der Waals surface area (Å²) < 4.78 is 0. The number of carbonyl (C=O) groups excluding carboxylic acids is 2. The summed E-state index contributed by atoms with van der Waals surface area (Å²) in [6, 6.07) is 16.2. The molecule has 0 saturated carbocycles. The molecule has 1 amide bonds. The molecule has 0 aliphatic rings. The number of likely N-dealkylation sites (N-methyl/N-ethyl adjacent to an activating group) is 1. The van der Waals surface area contributed by atoms with Crippen LogP contribution >= 0.6 is 0 Å². The Kier molecular flexibility index (Phi) is 4.94. The van der Waals surface area contributed by atoms with Gasteiger partial charge in [-0.1, -0.05) is 42.5 Å². The second-order valence-electron chi connectivity index (χ2n) is 5.36. The molecule has 0 aliphatic heterocycles. The Morgan fingerprint density at radius 1 is 1.00 bits per heavy atom. The Morgan fingerprint density at radius 3 is 2.27 bits per heavy atom. The number of benzene rings is 2. The number of nitrogens with zero attached hydrogens (tertiary/aromatic N) is 1. The highest BCUT2D eigenvalue weighted by Crippen LogP contribution is 2.22. The second-order valence-corrected chi connectivity index (χ2v) is 5.36.